The molecule has 148 valence electrons. The lowest BCUT2D eigenvalue weighted by Crippen LogP contribution is -2.47. The minimum absolute atomic E-state index is 0.0267. The molecule has 0 spiro atoms. The van der Waals surface area contributed by atoms with Crippen LogP contribution >= 0.6 is 11.6 Å². The number of nitrogens with one attached hydrogen (secondary N) is 2. The smallest absolute Gasteiger partial charge is 0.255 e. The number of benzene rings is 2. The van der Waals surface area contributed by atoms with E-state index in [1.54, 1.807) is 36.8 Å². The van der Waals surface area contributed by atoms with E-state index >= 15 is 0 Å². The highest BCUT2D eigenvalue weighted by atomic mass is 35.5. The van der Waals surface area contributed by atoms with E-state index in [0.717, 1.165) is 11.3 Å². The van der Waals surface area contributed by atoms with E-state index in [0.29, 0.717) is 35.9 Å². The largest absolute Gasteiger partial charge is 0.359 e. The maximum absolute atomic E-state index is 12.6. The fraction of sp³-hybridized carbons (Fsp3) is 0.190. The van der Waals surface area contributed by atoms with Gasteiger partial charge in [0.05, 0.1) is 23.6 Å². The van der Waals surface area contributed by atoms with Gasteiger partial charge in [0, 0.05) is 43.3 Å². The Labute approximate surface area is 173 Å². The highest BCUT2D eigenvalue weighted by molar-refractivity contribution is 6.33. The third-order valence-corrected chi connectivity index (χ3v) is 5.03. The second-order valence-electron chi connectivity index (χ2n) is 6.82. The summed E-state index contributed by atoms with van der Waals surface area (Å²) in [5.74, 6) is -0.235. The van der Waals surface area contributed by atoms with Crippen LogP contribution in [-0.2, 0) is 11.3 Å². The van der Waals surface area contributed by atoms with Gasteiger partial charge in [0.25, 0.3) is 5.91 Å². The molecule has 4 rings (SSSR count). The molecule has 2 aromatic carbocycles. The van der Waals surface area contributed by atoms with Crippen molar-refractivity contribution in [1.82, 2.24) is 14.9 Å². The number of anilines is 2. The quantitative estimate of drug-likeness (QED) is 0.679. The van der Waals surface area contributed by atoms with Gasteiger partial charge in [-0.15, -0.1) is 0 Å². The van der Waals surface area contributed by atoms with Crippen LogP contribution in [0.2, 0.25) is 5.02 Å². The summed E-state index contributed by atoms with van der Waals surface area (Å²) in [6.45, 7) is 2.26. The molecule has 8 heteroatoms. The molecular formula is C21H20ClN5O2. The molecule has 1 aliphatic heterocycles. The van der Waals surface area contributed by atoms with Gasteiger partial charge in [-0.2, -0.15) is 0 Å². The van der Waals surface area contributed by atoms with Crippen molar-refractivity contribution in [3.05, 3.63) is 77.3 Å². The molecule has 0 saturated carbocycles. The summed E-state index contributed by atoms with van der Waals surface area (Å²) < 4.78 is 1.96. The summed E-state index contributed by atoms with van der Waals surface area (Å²) >= 11 is 6.40. The molecule has 0 bridgehead atoms. The lowest BCUT2D eigenvalue weighted by atomic mass is 10.1. The summed E-state index contributed by atoms with van der Waals surface area (Å²) in [5, 5.41) is 6.15. The Morgan fingerprint density at radius 1 is 1.21 bits per heavy atom. The Balaban J connectivity index is 1.41. The zero-order chi connectivity index (χ0) is 20.2. The van der Waals surface area contributed by atoms with Crippen molar-refractivity contribution in [2.45, 2.75) is 6.54 Å². The summed E-state index contributed by atoms with van der Waals surface area (Å²) in [5.41, 5.74) is 3.03. The summed E-state index contributed by atoms with van der Waals surface area (Å²) in [7, 11) is 0. The number of nitrogens with zero attached hydrogens (tertiary/aromatic N) is 3. The van der Waals surface area contributed by atoms with Gasteiger partial charge in [-0.25, -0.2) is 4.98 Å². The molecular weight excluding hydrogens is 390 g/mol. The Morgan fingerprint density at radius 2 is 2.03 bits per heavy atom. The Kier molecular flexibility index (Phi) is 5.48. The molecule has 7 nitrogen and oxygen atoms in total. The lowest BCUT2D eigenvalue weighted by Gasteiger charge is -2.29. The maximum atomic E-state index is 12.6. The number of carbonyl (C=O) groups excluding carboxylic acids is 2. The van der Waals surface area contributed by atoms with Gasteiger partial charge < -0.3 is 20.1 Å². The van der Waals surface area contributed by atoms with Crippen LogP contribution < -0.4 is 15.5 Å². The van der Waals surface area contributed by atoms with Gasteiger partial charge in [-0.05, 0) is 35.9 Å². The molecule has 1 aliphatic rings. The monoisotopic (exact) mass is 409 g/mol. The second kappa shape index (κ2) is 8.36. The zero-order valence-electron chi connectivity index (χ0n) is 15.6. The SMILES string of the molecule is O=C1CN(c2ccc(NC(=O)c3ccc(Cn4ccnc4)cc3)cc2Cl)CCN1. The third-order valence-electron chi connectivity index (χ3n) is 4.73. The number of carbonyl (C=O) groups is 2. The summed E-state index contributed by atoms with van der Waals surface area (Å²) in [6.07, 6.45) is 5.38. The summed E-state index contributed by atoms with van der Waals surface area (Å²) in [4.78, 5) is 30.1. The summed E-state index contributed by atoms with van der Waals surface area (Å²) in [6, 6.07) is 12.8. The van der Waals surface area contributed by atoms with Crippen molar-refractivity contribution >= 4 is 34.8 Å². The second-order valence-corrected chi connectivity index (χ2v) is 7.23. The van der Waals surface area contributed by atoms with Crippen molar-refractivity contribution in [3.63, 3.8) is 0 Å². The van der Waals surface area contributed by atoms with Crippen LogP contribution in [0.15, 0.2) is 61.2 Å². The third kappa shape index (κ3) is 4.57. The van der Waals surface area contributed by atoms with E-state index in [9.17, 15) is 9.59 Å². The van der Waals surface area contributed by atoms with E-state index < -0.39 is 0 Å². The number of hydrogen-bond donors (Lipinski definition) is 2. The van der Waals surface area contributed by atoms with Gasteiger partial charge in [0.1, 0.15) is 0 Å². The van der Waals surface area contributed by atoms with Crippen molar-refractivity contribution in [3.8, 4) is 0 Å². The number of piperazine rings is 1. The highest BCUT2D eigenvalue weighted by Crippen LogP contribution is 2.29. The molecule has 0 unspecified atom stereocenters. The molecule has 1 fully saturated rings. The molecule has 0 atom stereocenters. The first kappa shape index (κ1) is 19.0. The maximum Gasteiger partial charge on any atom is 0.255 e. The van der Waals surface area contributed by atoms with Crippen LogP contribution in [0.3, 0.4) is 0 Å². The van der Waals surface area contributed by atoms with Gasteiger partial charge in [-0.3, -0.25) is 9.59 Å². The number of aromatic nitrogens is 2. The fourth-order valence-corrected chi connectivity index (χ4v) is 3.54. The molecule has 1 aromatic heterocycles. The van der Waals surface area contributed by atoms with Crippen molar-refractivity contribution in [2.75, 3.05) is 29.9 Å². The molecule has 29 heavy (non-hydrogen) atoms. The van der Waals surface area contributed by atoms with Gasteiger partial charge in [0.2, 0.25) is 5.91 Å². The molecule has 0 radical (unpaired) electrons. The predicted octanol–water partition coefficient (Wildman–Crippen LogP) is 2.77. The minimum atomic E-state index is -0.208. The first-order chi connectivity index (χ1) is 14.1. The number of halogens is 1. The lowest BCUT2D eigenvalue weighted by molar-refractivity contribution is -0.120. The molecule has 2 amide bonds. The minimum Gasteiger partial charge on any atom is -0.359 e. The van der Waals surface area contributed by atoms with Gasteiger partial charge >= 0.3 is 0 Å². The van der Waals surface area contributed by atoms with Crippen molar-refractivity contribution < 1.29 is 9.59 Å². The van der Waals surface area contributed by atoms with Crippen LogP contribution in [-0.4, -0.2) is 41.0 Å². The first-order valence-electron chi connectivity index (χ1n) is 9.26. The van der Waals surface area contributed by atoms with Crippen molar-refractivity contribution in [1.29, 1.82) is 0 Å². The van der Waals surface area contributed by atoms with Crippen LogP contribution in [0.25, 0.3) is 0 Å². The van der Waals surface area contributed by atoms with E-state index in [-0.39, 0.29) is 18.4 Å². The number of rotatable bonds is 5. The molecule has 2 heterocycles. The van der Waals surface area contributed by atoms with Crippen molar-refractivity contribution in [2.24, 2.45) is 0 Å². The van der Waals surface area contributed by atoms with Gasteiger partial charge in [-0.1, -0.05) is 23.7 Å². The van der Waals surface area contributed by atoms with Crippen LogP contribution in [0.1, 0.15) is 15.9 Å². The standard InChI is InChI=1S/C21H20ClN5O2/c22-18-11-17(5-6-19(18)27-10-8-24-20(28)13-27)25-21(29)16-3-1-15(2-4-16)12-26-9-7-23-14-26/h1-7,9,11,14H,8,10,12-13H2,(H,24,28)(H,25,29). The molecule has 0 aliphatic carbocycles. The van der Waals surface area contributed by atoms with E-state index in [4.69, 9.17) is 11.6 Å². The van der Waals surface area contributed by atoms with Crippen LogP contribution in [0.5, 0.6) is 0 Å². The number of hydrogen-bond acceptors (Lipinski definition) is 4. The highest BCUT2D eigenvalue weighted by Gasteiger charge is 2.19. The van der Waals surface area contributed by atoms with E-state index in [2.05, 4.69) is 15.6 Å². The zero-order valence-corrected chi connectivity index (χ0v) is 16.4. The fourth-order valence-electron chi connectivity index (χ4n) is 3.24. The van der Waals surface area contributed by atoms with E-state index in [1.165, 1.54) is 0 Å². The number of amides is 2. The topological polar surface area (TPSA) is 79.3 Å². The van der Waals surface area contributed by atoms with Gasteiger partial charge in [0.15, 0.2) is 0 Å². The van der Waals surface area contributed by atoms with Crippen LogP contribution in [0.4, 0.5) is 11.4 Å². The van der Waals surface area contributed by atoms with E-state index in [1.807, 2.05) is 33.9 Å². The Bertz CT molecular complexity index is 1020. The first-order valence-corrected chi connectivity index (χ1v) is 9.63. The average Bonchev–Trinajstić information content (AvgIpc) is 3.21. The average molecular weight is 410 g/mol. The normalized spacial score (nSPS) is 13.8. The molecule has 1 saturated heterocycles. The number of imidazole rings is 1. The predicted molar refractivity (Wildman–Crippen MR) is 112 cm³/mol. The molecule has 3 aromatic rings. The van der Waals surface area contributed by atoms with Crippen LogP contribution in [0, 0.1) is 0 Å². The Hall–Kier alpha value is -3.32. The molecule has 2 N–H and O–H groups in total. The Morgan fingerprint density at radius 3 is 2.72 bits per heavy atom.